The molecule has 0 unspecified atom stereocenters. The Labute approximate surface area is 304 Å². The molecule has 2 nitrogen and oxygen atoms in total. The van der Waals surface area contributed by atoms with Gasteiger partial charge in [0.2, 0.25) is 0 Å². The first-order valence-corrected chi connectivity index (χ1v) is 21.8. The van der Waals surface area contributed by atoms with Crippen LogP contribution in [-0.4, -0.2) is 14.7 Å². The summed E-state index contributed by atoms with van der Waals surface area (Å²) in [6.45, 7) is 2.31. The molecule has 0 spiro atoms. The normalized spacial score (nSPS) is 18.4. The van der Waals surface area contributed by atoms with Crippen LogP contribution in [0, 0.1) is 5.92 Å². The van der Waals surface area contributed by atoms with E-state index in [9.17, 15) is 4.79 Å². The van der Waals surface area contributed by atoms with Crippen molar-refractivity contribution in [2.24, 2.45) is 5.92 Å². The highest BCUT2D eigenvalue weighted by atomic mass is 28.3. The van der Waals surface area contributed by atoms with Gasteiger partial charge in [-0.2, -0.15) is 0 Å². The van der Waals surface area contributed by atoms with E-state index in [4.69, 9.17) is 0 Å². The van der Waals surface area contributed by atoms with Gasteiger partial charge in [0.25, 0.3) is 5.91 Å². The van der Waals surface area contributed by atoms with Gasteiger partial charge in [0.1, 0.15) is 8.80 Å². The average Bonchev–Trinajstić information content (AvgIpc) is 3.61. The second kappa shape index (κ2) is 19.1. The van der Waals surface area contributed by atoms with Gasteiger partial charge in [-0.3, -0.25) is 4.79 Å². The van der Waals surface area contributed by atoms with Crippen LogP contribution < -0.4 is 15.7 Å². The van der Waals surface area contributed by atoms with Crippen LogP contribution in [0.5, 0.6) is 0 Å². The second-order valence-electron chi connectivity index (χ2n) is 15.0. The molecule has 1 saturated carbocycles. The lowest BCUT2D eigenvalue weighted by Gasteiger charge is -2.30. The van der Waals surface area contributed by atoms with Crippen LogP contribution in [-0.2, 0) is 0 Å². The van der Waals surface area contributed by atoms with Crippen LogP contribution >= 0.6 is 0 Å². The van der Waals surface area contributed by atoms with E-state index in [0.717, 1.165) is 62.1 Å². The number of allylic oxidation sites excluding steroid dienone is 6. The first kappa shape index (κ1) is 36.1. The number of hydrogen-bond acceptors (Lipinski definition) is 1. The van der Waals surface area contributed by atoms with E-state index < -0.39 is 8.80 Å². The Kier molecular flexibility index (Phi) is 13.8. The molecule has 1 amide bonds. The molecule has 0 aliphatic heterocycles. The van der Waals surface area contributed by atoms with Crippen molar-refractivity contribution in [2.45, 2.75) is 122 Å². The van der Waals surface area contributed by atoms with Gasteiger partial charge in [-0.25, -0.2) is 0 Å². The van der Waals surface area contributed by atoms with Crippen LogP contribution in [0.25, 0.3) is 0 Å². The summed E-state index contributed by atoms with van der Waals surface area (Å²) < 4.78 is 0. The number of amides is 1. The van der Waals surface area contributed by atoms with Crippen molar-refractivity contribution in [2.75, 3.05) is 0 Å². The van der Waals surface area contributed by atoms with Crippen LogP contribution in [0.4, 0.5) is 0 Å². The standard InChI is InChI=1S/C47H59NOSi/c1-2-3-25-38-26-14-6-4-5-7-21-35-44(50(41-30-17-10-18-31-41)42-32-19-11-20-33-42)45(46(38)48-47(49)39-27-15-9-16-28-39)43-34-22-29-40(43)36-37-23-12-8-13-24-37/h9-11,15-20,22,27-33,37,50H,2-8,12-14,21,23-26,34-36H2,1H3,(H,48,49). The zero-order chi connectivity index (χ0) is 34.4. The molecular formula is C47H59NOSi. The van der Waals surface area contributed by atoms with E-state index >= 15 is 0 Å². The van der Waals surface area contributed by atoms with E-state index in [0.29, 0.717) is 0 Å². The molecule has 1 N–H and O–H groups in total. The minimum atomic E-state index is -1.91. The van der Waals surface area contributed by atoms with Gasteiger partial charge in [0.05, 0.1) is 0 Å². The minimum Gasteiger partial charge on any atom is -0.321 e. The Hall–Kier alpha value is -3.69. The van der Waals surface area contributed by atoms with Gasteiger partial charge in [-0.15, -0.1) is 0 Å². The molecule has 6 rings (SSSR count). The van der Waals surface area contributed by atoms with Crippen LogP contribution in [0.1, 0.15) is 133 Å². The Bertz CT molecular complexity index is 1600. The number of rotatable bonds is 11. The van der Waals surface area contributed by atoms with Crippen molar-refractivity contribution in [1.29, 1.82) is 0 Å². The molecule has 0 heterocycles. The predicted octanol–water partition coefficient (Wildman–Crippen LogP) is 11.1. The molecule has 262 valence electrons. The molecule has 0 bridgehead atoms. The van der Waals surface area contributed by atoms with Crippen molar-refractivity contribution in [3.63, 3.8) is 0 Å². The summed E-state index contributed by atoms with van der Waals surface area (Å²) in [5.41, 5.74) is 7.82. The average molecular weight is 682 g/mol. The van der Waals surface area contributed by atoms with E-state index in [2.05, 4.69) is 85.1 Å². The van der Waals surface area contributed by atoms with E-state index in [1.54, 1.807) is 5.20 Å². The highest BCUT2D eigenvalue weighted by Crippen LogP contribution is 2.41. The maximum atomic E-state index is 14.4. The fraction of sp³-hybridized carbons (Fsp3) is 0.426. The third-order valence-corrected chi connectivity index (χ3v) is 14.8. The minimum absolute atomic E-state index is 0.0246. The largest absolute Gasteiger partial charge is 0.321 e. The van der Waals surface area contributed by atoms with Crippen molar-refractivity contribution < 1.29 is 4.79 Å². The van der Waals surface area contributed by atoms with Gasteiger partial charge in [0.15, 0.2) is 0 Å². The number of carbonyl (C=O) groups excluding carboxylic acids is 1. The maximum Gasteiger partial charge on any atom is 0.255 e. The lowest BCUT2D eigenvalue weighted by molar-refractivity contribution is 0.0966. The van der Waals surface area contributed by atoms with Crippen LogP contribution in [0.2, 0.25) is 0 Å². The van der Waals surface area contributed by atoms with Gasteiger partial charge in [-0.1, -0.05) is 178 Å². The number of benzene rings is 3. The molecule has 3 aromatic carbocycles. The smallest absolute Gasteiger partial charge is 0.255 e. The zero-order valence-electron chi connectivity index (χ0n) is 30.6. The summed E-state index contributed by atoms with van der Waals surface area (Å²) >= 11 is 0. The SMILES string of the molecule is CCCCC1=C(NC(=O)c2ccccc2)C(C2=C(CC3CCCCC3)C=CC2)=C([SiH](c2ccccc2)c2ccccc2)CCCCCCCC1. The number of unbranched alkanes of at least 4 members (excludes halogenated alkanes) is 1. The molecule has 0 atom stereocenters. The summed E-state index contributed by atoms with van der Waals surface area (Å²) in [6.07, 6.45) is 26.8. The first-order chi connectivity index (χ1) is 24.7. The van der Waals surface area contributed by atoms with Gasteiger partial charge < -0.3 is 5.32 Å². The molecule has 3 aliphatic rings. The molecule has 3 heteroatoms. The summed E-state index contributed by atoms with van der Waals surface area (Å²) in [6, 6.07) is 32.7. The Morgan fingerprint density at radius 1 is 0.720 bits per heavy atom. The Balaban J connectivity index is 1.65. The van der Waals surface area contributed by atoms with Crippen molar-refractivity contribution in [3.8, 4) is 0 Å². The predicted molar refractivity (Wildman–Crippen MR) is 216 cm³/mol. The molecule has 0 aromatic heterocycles. The van der Waals surface area contributed by atoms with Crippen LogP contribution in [0.3, 0.4) is 0 Å². The molecule has 50 heavy (non-hydrogen) atoms. The molecule has 0 radical (unpaired) electrons. The Morgan fingerprint density at radius 3 is 1.94 bits per heavy atom. The lowest BCUT2D eigenvalue weighted by Crippen LogP contribution is -2.45. The van der Waals surface area contributed by atoms with E-state index in [1.165, 1.54) is 103 Å². The summed E-state index contributed by atoms with van der Waals surface area (Å²) in [4.78, 5) is 14.4. The van der Waals surface area contributed by atoms with Crippen molar-refractivity contribution in [1.82, 2.24) is 5.32 Å². The van der Waals surface area contributed by atoms with Gasteiger partial charge >= 0.3 is 0 Å². The lowest BCUT2D eigenvalue weighted by atomic mass is 9.82. The fourth-order valence-electron chi connectivity index (χ4n) is 8.74. The molecule has 3 aliphatic carbocycles. The highest BCUT2D eigenvalue weighted by Gasteiger charge is 2.31. The maximum absolute atomic E-state index is 14.4. The Morgan fingerprint density at radius 2 is 1.30 bits per heavy atom. The summed E-state index contributed by atoms with van der Waals surface area (Å²) in [5.74, 6) is 0.783. The van der Waals surface area contributed by atoms with E-state index in [1.807, 2.05) is 30.3 Å². The first-order valence-electron chi connectivity index (χ1n) is 20.0. The third kappa shape index (κ3) is 9.54. The molecule has 1 fully saturated rings. The third-order valence-electron chi connectivity index (χ3n) is 11.4. The molecular weight excluding hydrogens is 623 g/mol. The number of hydrogen-bond donors (Lipinski definition) is 1. The summed E-state index contributed by atoms with van der Waals surface area (Å²) in [7, 11) is -1.91. The molecule has 0 saturated heterocycles. The number of carbonyl (C=O) groups is 1. The zero-order valence-corrected chi connectivity index (χ0v) is 31.8. The molecule has 3 aromatic rings. The number of nitrogens with one attached hydrogen (secondary N) is 1. The topological polar surface area (TPSA) is 29.1 Å². The fourth-order valence-corrected chi connectivity index (χ4v) is 12.2. The monoisotopic (exact) mass is 681 g/mol. The van der Waals surface area contributed by atoms with Gasteiger partial charge in [0, 0.05) is 11.3 Å². The second-order valence-corrected chi connectivity index (χ2v) is 17.9. The van der Waals surface area contributed by atoms with Crippen molar-refractivity contribution in [3.05, 3.63) is 142 Å². The quantitative estimate of drug-likeness (QED) is 0.201. The van der Waals surface area contributed by atoms with Crippen LogP contribution in [0.15, 0.2) is 136 Å². The van der Waals surface area contributed by atoms with Crippen molar-refractivity contribution >= 4 is 25.1 Å². The van der Waals surface area contributed by atoms with Gasteiger partial charge in [-0.05, 0) is 91.7 Å². The highest BCUT2D eigenvalue weighted by molar-refractivity contribution is 6.91. The van der Waals surface area contributed by atoms with E-state index in [-0.39, 0.29) is 5.91 Å². The summed E-state index contributed by atoms with van der Waals surface area (Å²) in [5, 5.41) is 8.30.